The Hall–Kier alpha value is -2.07. The highest BCUT2D eigenvalue weighted by Gasteiger charge is 2.32. The molecule has 2 aromatic rings. The van der Waals surface area contributed by atoms with Crippen LogP contribution in [0.3, 0.4) is 0 Å². The van der Waals surface area contributed by atoms with E-state index >= 15 is 0 Å². The third-order valence-electron chi connectivity index (χ3n) is 4.45. The van der Waals surface area contributed by atoms with Crippen molar-refractivity contribution in [3.05, 3.63) is 16.9 Å². The van der Waals surface area contributed by atoms with E-state index in [-0.39, 0.29) is 5.92 Å². The fourth-order valence-electron chi connectivity index (χ4n) is 3.16. The topological polar surface area (TPSA) is 120 Å². The molecule has 0 bridgehead atoms. The van der Waals surface area contributed by atoms with Crippen molar-refractivity contribution >= 4 is 22.4 Å². The van der Waals surface area contributed by atoms with E-state index in [4.69, 9.17) is 0 Å². The Morgan fingerprint density at radius 2 is 2.24 bits per heavy atom. The SMILES string of the molecule is CCCC(C(=O)O)C(Cc1cnc(N2CCNCC2)s1)c1nn[nH]n1. The number of aromatic nitrogens is 5. The van der Waals surface area contributed by atoms with Crippen molar-refractivity contribution in [1.29, 1.82) is 0 Å². The van der Waals surface area contributed by atoms with Gasteiger partial charge in [0.25, 0.3) is 0 Å². The summed E-state index contributed by atoms with van der Waals surface area (Å²) in [4.78, 5) is 19.6. The summed E-state index contributed by atoms with van der Waals surface area (Å²) in [5, 5.41) is 28.1. The third kappa shape index (κ3) is 4.31. The first-order valence-electron chi connectivity index (χ1n) is 8.55. The molecule has 136 valence electrons. The minimum Gasteiger partial charge on any atom is -0.481 e. The number of hydrogen-bond acceptors (Lipinski definition) is 8. The van der Waals surface area contributed by atoms with E-state index in [9.17, 15) is 9.90 Å². The molecular formula is C15H23N7O2S. The van der Waals surface area contributed by atoms with E-state index in [0.717, 1.165) is 42.6 Å². The molecule has 25 heavy (non-hydrogen) atoms. The van der Waals surface area contributed by atoms with Crippen molar-refractivity contribution in [3.8, 4) is 0 Å². The second-order valence-corrected chi connectivity index (χ2v) is 7.25. The van der Waals surface area contributed by atoms with Crippen LogP contribution in [0.25, 0.3) is 0 Å². The maximum atomic E-state index is 11.8. The molecule has 2 atom stereocenters. The van der Waals surface area contributed by atoms with Crippen molar-refractivity contribution < 1.29 is 9.90 Å². The maximum absolute atomic E-state index is 11.8. The van der Waals surface area contributed by atoms with Crippen molar-refractivity contribution in [3.63, 3.8) is 0 Å². The molecule has 1 fully saturated rings. The Kier molecular flexibility index (Phi) is 5.92. The number of carboxylic acids is 1. The van der Waals surface area contributed by atoms with Crippen molar-refractivity contribution in [2.45, 2.75) is 32.1 Å². The molecule has 0 aliphatic carbocycles. The molecule has 0 amide bonds. The second-order valence-electron chi connectivity index (χ2n) is 6.16. The number of anilines is 1. The third-order valence-corrected chi connectivity index (χ3v) is 5.53. The molecule has 3 N–H and O–H groups in total. The van der Waals surface area contributed by atoms with Gasteiger partial charge in [0.05, 0.1) is 5.92 Å². The minimum atomic E-state index is -0.816. The number of piperazine rings is 1. The summed E-state index contributed by atoms with van der Waals surface area (Å²) in [5.41, 5.74) is 0. The molecule has 0 radical (unpaired) electrons. The van der Waals surface area contributed by atoms with Gasteiger partial charge in [0, 0.05) is 43.2 Å². The Morgan fingerprint density at radius 1 is 1.44 bits per heavy atom. The molecule has 2 unspecified atom stereocenters. The lowest BCUT2D eigenvalue weighted by atomic mass is 9.85. The molecule has 0 aromatic carbocycles. The smallest absolute Gasteiger partial charge is 0.307 e. The number of rotatable bonds is 8. The summed E-state index contributed by atoms with van der Waals surface area (Å²) < 4.78 is 0. The summed E-state index contributed by atoms with van der Waals surface area (Å²) in [6.45, 7) is 5.78. The molecule has 3 rings (SSSR count). The summed E-state index contributed by atoms with van der Waals surface area (Å²) in [7, 11) is 0. The number of nitrogens with zero attached hydrogens (tertiary/aromatic N) is 5. The molecule has 10 heteroatoms. The number of carbonyl (C=O) groups is 1. The number of H-pyrrole nitrogens is 1. The Balaban J connectivity index is 1.78. The highest BCUT2D eigenvalue weighted by Crippen LogP contribution is 2.33. The average molecular weight is 365 g/mol. The van der Waals surface area contributed by atoms with Crippen LogP contribution in [0.15, 0.2) is 6.20 Å². The highest BCUT2D eigenvalue weighted by molar-refractivity contribution is 7.15. The quantitative estimate of drug-likeness (QED) is 0.631. The van der Waals surface area contributed by atoms with Crippen LogP contribution in [0, 0.1) is 5.92 Å². The van der Waals surface area contributed by atoms with Crippen LogP contribution < -0.4 is 10.2 Å². The summed E-state index contributed by atoms with van der Waals surface area (Å²) in [6.07, 6.45) is 3.78. The molecule has 1 aliphatic heterocycles. The second kappa shape index (κ2) is 8.34. The van der Waals surface area contributed by atoms with Crippen LogP contribution in [0.1, 0.15) is 36.4 Å². The lowest BCUT2D eigenvalue weighted by Crippen LogP contribution is -2.43. The van der Waals surface area contributed by atoms with Gasteiger partial charge in [-0.2, -0.15) is 5.21 Å². The van der Waals surface area contributed by atoms with Gasteiger partial charge >= 0.3 is 5.97 Å². The van der Waals surface area contributed by atoms with Crippen molar-refractivity contribution in [2.24, 2.45) is 5.92 Å². The van der Waals surface area contributed by atoms with Gasteiger partial charge in [0.1, 0.15) is 0 Å². The predicted octanol–water partition coefficient (Wildman–Crippen LogP) is 0.893. The molecule has 3 heterocycles. The van der Waals surface area contributed by atoms with Crippen molar-refractivity contribution in [1.82, 2.24) is 30.9 Å². The fraction of sp³-hybridized carbons (Fsp3) is 0.667. The maximum Gasteiger partial charge on any atom is 0.307 e. The molecule has 9 nitrogen and oxygen atoms in total. The Bertz CT molecular complexity index is 669. The molecular weight excluding hydrogens is 342 g/mol. The van der Waals surface area contributed by atoms with Gasteiger partial charge < -0.3 is 15.3 Å². The van der Waals surface area contributed by atoms with E-state index < -0.39 is 11.9 Å². The standard InChI is InChI=1S/C15H23N7O2S/c1-2-3-11(14(23)24)12(13-18-20-21-19-13)8-10-9-17-15(25-10)22-6-4-16-5-7-22/h9,11-12,16H,2-8H2,1H3,(H,23,24)(H,18,19,20,21). The van der Waals surface area contributed by atoms with Gasteiger partial charge in [-0.05, 0) is 12.8 Å². The monoisotopic (exact) mass is 365 g/mol. The molecule has 0 saturated carbocycles. The summed E-state index contributed by atoms with van der Waals surface area (Å²) >= 11 is 1.62. The van der Waals surface area contributed by atoms with Gasteiger partial charge in [0.2, 0.25) is 0 Å². The largest absolute Gasteiger partial charge is 0.481 e. The number of carboxylic acid groups (broad SMARTS) is 1. The average Bonchev–Trinajstić information content (AvgIpc) is 3.30. The lowest BCUT2D eigenvalue weighted by molar-refractivity contribution is -0.142. The first-order chi connectivity index (χ1) is 12.2. The van der Waals surface area contributed by atoms with Crippen LogP contribution in [0.2, 0.25) is 0 Å². The number of aromatic amines is 1. The lowest BCUT2D eigenvalue weighted by Gasteiger charge is -2.26. The number of aliphatic carboxylic acids is 1. The molecule has 0 spiro atoms. The molecule has 1 aliphatic rings. The van der Waals surface area contributed by atoms with Gasteiger partial charge in [-0.25, -0.2) is 4.98 Å². The highest BCUT2D eigenvalue weighted by atomic mass is 32.1. The van der Waals surface area contributed by atoms with Crippen LogP contribution in [-0.4, -0.2) is 62.9 Å². The van der Waals surface area contributed by atoms with Gasteiger partial charge in [-0.1, -0.05) is 18.6 Å². The normalized spacial score (nSPS) is 17.4. The van der Waals surface area contributed by atoms with Crippen LogP contribution in [0.5, 0.6) is 0 Å². The summed E-state index contributed by atoms with van der Waals surface area (Å²) in [5.74, 6) is -1.21. The van der Waals surface area contributed by atoms with Gasteiger partial charge in [0.15, 0.2) is 11.0 Å². The summed E-state index contributed by atoms with van der Waals surface area (Å²) in [6, 6.07) is 0. The molecule has 2 aromatic heterocycles. The fourth-order valence-corrected chi connectivity index (χ4v) is 4.18. The van der Waals surface area contributed by atoms with E-state index in [1.165, 1.54) is 0 Å². The number of hydrogen-bond donors (Lipinski definition) is 3. The number of tetrazole rings is 1. The van der Waals surface area contributed by atoms with E-state index in [2.05, 4.69) is 35.8 Å². The number of nitrogens with one attached hydrogen (secondary N) is 2. The zero-order chi connectivity index (χ0) is 17.6. The van der Waals surface area contributed by atoms with Gasteiger partial charge in [-0.15, -0.1) is 21.5 Å². The first-order valence-corrected chi connectivity index (χ1v) is 9.37. The van der Waals surface area contributed by atoms with E-state index in [1.54, 1.807) is 11.3 Å². The predicted molar refractivity (Wildman–Crippen MR) is 93.9 cm³/mol. The number of thiazole rings is 1. The Labute approximate surface area is 149 Å². The first kappa shape index (κ1) is 17.7. The van der Waals surface area contributed by atoms with Crippen molar-refractivity contribution in [2.75, 3.05) is 31.1 Å². The van der Waals surface area contributed by atoms with E-state index in [1.807, 2.05) is 13.1 Å². The molecule has 1 saturated heterocycles. The zero-order valence-corrected chi connectivity index (χ0v) is 15.0. The Morgan fingerprint density at radius 3 is 2.88 bits per heavy atom. The van der Waals surface area contributed by atoms with Crippen LogP contribution in [-0.2, 0) is 11.2 Å². The minimum absolute atomic E-state index is 0.312. The van der Waals surface area contributed by atoms with Gasteiger partial charge in [-0.3, -0.25) is 4.79 Å². The zero-order valence-electron chi connectivity index (χ0n) is 14.2. The van der Waals surface area contributed by atoms with E-state index in [0.29, 0.717) is 18.7 Å². The van der Waals surface area contributed by atoms with Crippen LogP contribution in [0.4, 0.5) is 5.13 Å². The van der Waals surface area contributed by atoms with Crippen LogP contribution >= 0.6 is 11.3 Å².